The van der Waals surface area contributed by atoms with Crippen molar-refractivity contribution in [2.45, 2.75) is 31.8 Å². The Kier molecular flexibility index (Phi) is 5.00. The van der Waals surface area contributed by atoms with Gasteiger partial charge in [-0.25, -0.2) is 0 Å². The molecule has 0 spiro atoms. The van der Waals surface area contributed by atoms with E-state index in [0.717, 1.165) is 18.4 Å². The number of rotatable bonds is 1. The van der Waals surface area contributed by atoms with E-state index in [4.69, 9.17) is 5.73 Å². The molecule has 3 N–H and O–H groups in total. The number of carbonyl (C=O) groups is 1. The topological polar surface area (TPSA) is 66.6 Å². The first kappa shape index (κ1) is 15.6. The van der Waals surface area contributed by atoms with Gasteiger partial charge in [0.25, 0.3) is 5.91 Å². The van der Waals surface area contributed by atoms with Gasteiger partial charge in [-0.3, -0.25) is 4.79 Å². The molecule has 0 radical (unpaired) electrons. The van der Waals surface area contributed by atoms with E-state index in [-0.39, 0.29) is 5.91 Å². The van der Waals surface area contributed by atoms with Crippen molar-refractivity contribution in [3.8, 4) is 11.8 Å². The third-order valence-corrected chi connectivity index (χ3v) is 3.82. The molecular formula is C17H22N2O2. The van der Waals surface area contributed by atoms with Gasteiger partial charge in [0.2, 0.25) is 0 Å². The van der Waals surface area contributed by atoms with Crippen LogP contribution in [-0.2, 0) is 0 Å². The maximum Gasteiger partial charge on any atom is 0.253 e. The zero-order chi connectivity index (χ0) is 15.3. The highest BCUT2D eigenvalue weighted by atomic mass is 16.3. The van der Waals surface area contributed by atoms with Crippen molar-refractivity contribution in [1.29, 1.82) is 0 Å². The lowest BCUT2D eigenvalue weighted by Gasteiger charge is -2.22. The molecule has 0 aromatic heterocycles. The standard InChI is InChI=1S/C17H22N2O2/c1-17(21)9-3-12-19(13-10-17)16(20)15-7-5-14(6-8-15)4-2-11-18/h5-8,21H,3,9-13,18H2,1H3. The van der Waals surface area contributed by atoms with E-state index < -0.39 is 5.60 Å². The fourth-order valence-electron chi connectivity index (χ4n) is 2.50. The van der Waals surface area contributed by atoms with E-state index >= 15 is 0 Å². The Morgan fingerprint density at radius 3 is 2.71 bits per heavy atom. The second kappa shape index (κ2) is 6.75. The number of aliphatic hydroxyl groups is 1. The summed E-state index contributed by atoms with van der Waals surface area (Å²) in [6.07, 6.45) is 2.20. The molecule has 21 heavy (non-hydrogen) atoms. The molecule has 1 aliphatic rings. The molecule has 0 bridgehead atoms. The minimum atomic E-state index is -0.656. The Balaban J connectivity index is 2.06. The van der Waals surface area contributed by atoms with Crippen molar-refractivity contribution in [3.05, 3.63) is 35.4 Å². The van der Waals surface area contributed by atoms with Gasteiger partial charge in [0.15, 0.2) is 0 Å². The summed E-state index contributed by atoms with van der Waals surface area (Å²) in [5, 5.41) is 10.1. The molecular weight excluding hydrogens is 264 g/mol. The summed E-state index contributed by atoms with van der Waals surface area (Å²) in [6, 6.07) is 7.27. The minimum absolute atomic E-state index is 0.0195. The van der Waals surface area contributed by atoms with Crippen molar-refractivity contribution in [2.75, 3.05) is 19.6 Å². The van der Waals surface area contributed by atoms with Gasteiger partial charge in [0.05, 0.1) is 12.1 Å². The Labute approximate surface area is 125 Å². The van der Waals surface area contributed by atoms with Gasteiger partial charge in [-0.2, -0.15) is 0 Å². The van der Waals surface area contributed by atoms with E-state index in [2.05, 4.69) is 11.8 Å². The number of hydrogen-bond acceptors (Lipinski definition) is 3. The number of likely N-dealkylation sites (tertiary alicyclic amines) is 1. The average Bonchev–Trinajstić information content (AvgIpc) is 2.66. The number of hydrogen-bond donors (Lipinski definition) is 2. The summed E-state index contributed by atoms with van der Waals surface area (Å²) in [6.45, 7) is 3.46. The summed E-state index contributed by atoms with van der Waals surface area (Å²) in [5.41, 5.74) is 6.20. The van der Waals surface area contributed by atoms with Crippen LogP contribution in [0.3, 0.4) is 0 Å². The fraction of sp³-hybridized carbons (Fsp3) is 0.471. The van der Waals surface area contributed by atoms with E-state index in [1.54, 1.807) is 12.1 Å². The molecule has 4 nitrogen and oxygen atoms in total. The highest BCUT2D eigenvalue weighted by Crippen LogP contribution is 2.22. The Hall–Kier alpha value is -1.83. The highest BCUT2D eigenvalue weighted by molar-refractivity contribution is 5.94. The van der Waals surface area contributed by atoms with Crippen LogP contribution in [0.1, 0.15) is 42.1 Å². The molecule has 1 fully saturated rings. The van der Waals surface area contributed by atoms with E-state index in [9.17, 15) is 9.90 Å². The van der Waals surface area contributed by atoms with Gasteiger partial charge >= 0.3 is 0 Å². The second-order valence-electron chi connectivity index (χ2n) is 5.73. The molecule has 1 aliphatic heterocycles. The summed E-state index contributed by atoms with van der Waals surface area (Å²) < 4.78 is 0. The predicted octanol–water partition coefficient (Wildman–Crippen LogP) is 1.37. The smallest absolute Gasteiger partial charge is 0.253 e. The zero-order valence-corrected chi connectivity index (χ0v) is 12.4. The SMILES string of the molecule is CC1(O)CCCN(C(=O)c2ccc(C#CCN)cc2)CC1. The van der Waals surface area contributed by atoms with Gasteiger partial charge in [0.1, 0.15) is 0 Å². The van der Waals surface area contributed by atoms with Crippen LogP contribution in [0.25, 0.3) is 0 Å². The van der Waals surface area contributed by atoms with E-state index in [1.165, 1.54) is 0 Å². The first-order valence-electron chi connectivity index (χ1n) is 7.32. The first-order valence-corrected chi connectivity index (χ1v) is 7.32. The van der Waals surface area contributed by atoms with E-state index in [1.807, 2.05) is 24.0 Å². The third kappa shape index (κ3) is 4.32. The molecule has 1 heterocycles. The van der Waals surface area contributed by atoms with Gasteiger partial charge in [0, 0.05) is 24.2 Å². The maximum atomic E-state index is 12.5. The third-order valence-electron chi connectivity index (χ3n) is 3.82. The van der Waals surface area contributed by atoms with Crippen molar-refractivity contribution in [2.24, 2.45) is 5.73 Å². The molecule has 1 aromatic carbocycles. The molecule has 4 heteroatoms. The van der Waals surface area contributed by atoms with Crippen LogP contribution in [-0.4, -0.2) is 41.1 Å². The monoisotopic (exact) mass is 286 g/mol. The number of benzene rings is 1. The maximum absolute atomic E-state index is 12.5. The van der Waals surface area contributed by atoms with Gasteiger partial charge in [-0.1, -0.05) is 11.8 Å². The number of carbonyl (C=O) groups excluding carboxylic acids is 1. The van der Waals surface area contributed by atoms with Crippen LogP contribution in [0.4, 0.5) is 0 Å². The molecule has 2 rings (SSSR count). The highest BCUT2D eigenvalue weighted by Gasteiger charge is 2.27. The van der Waals surface area contributed by atoms with Gasteiger partial charge in [-0.05, 0) is 50.5 Å². The Bertz CT molecular complexity index is 552. The lowest BCUT2D eigenvalue weighted by atomic mass is 9.98. The molecule has 1 saturated heterocycles. The molecule has 0 saturated carbocycles. The summed E-state index contributed by atoms with van der Waals surface area (Å²) in [4.78, 5) is 14.3. The lowest BCUT2D eigenvalue weighted by molar-refractivity contribution is 0.0438. The Morgan fingerprint density at radius 1 is 1.33 bits per heavy atom. The van der Waals surface area contributed by atoms with Crippen LogP contribution in [0.5, 0.6) is 0 Å². The van der Waals surface area contributed by atoms with Crippen LogP contribution in [0.15, 0.2) is 24.3 Å². The lowest BCUT2D eigenvalue weighted by Crippen LogP contribution is -2.33. The van der Waals surface area contributed by atoms with E-state index in [0.29, 0.717) is 31.6 Å². The van der Waals surface area contributed by atoms with Crippen LogP contribution < -0.4 is 5.73 Å². The number of nitrogens with two attached hydrogens (primary N) is 1. The van der Waals surface area contributed by atoms with Crippen molar-refractivity contribution < 1.29 is 9.90 Å². The summed E-state index contributed by atoms with van der Waals surface area (Å²) >= 11 is 0. The molecule has 0 aliphatic carbocycles. The Morgan fingerprint density at radius 2 is 2.05 bits per heavy atom. The second-order valence-corrected chi connectivity index (χ2v) is 5.73. The first-order chi connectivity index (χ1) is 10.0. The van der Waals surface area contributed by atoms with Crippen molar-refractivity contribution >= 4 is 5.91 Å². The normalized spacial score (nSPS) is 22.1. The summed E-state index contributed by atoms with van der Waals surface area (Å²) in [7, 11) is 0. The van der Waals surface area contributed by atoms with Gasteiger partial charge in [-0.15, -0.1) is 0 Å². The van der Waals surface area contributed by atoms with Crippen LogP contribution >= 0.6 is 0 Å². The fourth-order valence-corrected chi connectivity index (χ4v) is 2.50. The van der Waals surface area contributed by atoms with Crippen molar-refractivity contribution in [3.63, 3.8) is 0 Å². The predicted molar refractivity (Wildman–Crippen MR) is 82.8 cm³/mol. The zero-order valence-electron chi connectivity index (χ0n) is 12.4. The number of nitrogens with zero attached hydrogens (tertiary/aromatic N) is 1. The quantitative estimate of drug-likeness (QED) is 0.766. The molecule has 1 atom stereocenters. The molecule has 1 unspecified atom stereocenters. The van der Waals surface area contributed by atoms with Crippen molar-refractivity contribution in [1.82, 2.24) is 4.90 Å². The van der Waals surface area contributed by atoms with Gasteiger partial charge < -0.3 is 15.7 Å². The van der Waals surface area contributed by atoms with Crippen LogP contribution in [0, 0.1) is 11.8 Å². The molecule has 1 amide bonds. The summed E-state index contributed by atoms with van der Waals surface area (Å²) in [5.74, 6) is 5.75. The average molecular weight is 286 g/mol. The largest absolute Gasteiger partial charge is 0.390 e. The number of amides is 1. The molecule has 1 aromatic rings. The van der Waals surface area contributed by atoms with Crippen LogP contribution in [0.2, 0.25) is 0 Å². The minimum Gasteiger partial charge on any atom is -0.390 e. The molecule has 112 valence electrons.